The van der Waals surface area contributed by atoms with Gasteiger partial charge in [0.05, 0.1) is 17.0 Å². The number of rotatable bonds is 3. The lowest BCUT2D eigenvalue weighted by Crippen LogP contribution is -2.39. The molecule has 25 heavy (non-hydrogen) atoms. The first kappa shape index (κ1) is 15.6. The van der Waals surface area contributed by atoms with E-state index in [2.05, 4.69) is 25.5 Å². The summed E-state index contributed by atoms with van der Waals surface area (Å²) in [6, 6.07) is 6.22. The van der Waals surface area contributed by atoms with Gasteiger partial charge < -0.3 is 10.3 Å². The summed E-state index contributed by atoms with van der Waals surface area (Å²) in [6.07, 6.45) is 3.90. The summed E-state index contributed by atoms with van der Waals surface area (Å²) in [7, 11) is 0. The molecule has 1 unspecified atom stereocenters. The number of imidazole rings is 1. The Hall–Kier alpha value is -2.96. The molecule has 7 heteroatoms. The van der Waals surface area contributed by atoms with E-state index in [0.717, 1.165) is 41.3 Å². The number of nitrogens with one attached hydrogen (secondary N) is 3. The third-order valence-corrected chi connectivity index (χ3v) is 4.52. The van der Waals surface area contributed by atoms with Crippen LogP contribution in [0.5, 0.6) is 0 Å². The Morgan fingerprint density at radius 1 is 1.36 bits per heavy atom. The molecule has 0 bridgehead atoms. The topological polar surface area (TPSA) is 86.5 Å². The van der Waals surface area contributed by atoms with Gasteiger partial charge in [0, 0.05) is 29.9 Å². The smallest absolute Gasteiger partial charge is 0.254 e. The number of fused-ring (bicyclic) bond motifs is 1. The predicted octanol–water partition coefficient (Wildman–Crippen LogP) is 2.53. The van der Waals surface area contributed by atoms with Gasteiger partial charge in [-0.3, -0.25) is 9.89 Å². The van der Waals surface area contributed by atoms with E-state index >= 15 is 0 Å². The Morgan fingerprint density at radius 2 is 2.24 bits per heavy atom. The fourth-order valence-electron chi connectivity index (χ4n) is 3.29. The van der Waals surface area contributed by atoms with Gasteiger partial charge in [-0.25, -0.2) is 9.37 Å². The van der Waals surface area contributed by atoms with Crippen molar-refractivity contribution in [2.45, 2.75) is 32.2 Å². The fourth-order valence-corrected chi connectivity index (χ4v) is 3.29. The molecule has 0 fully saturated rings. The minimum atomic E-state index is -0.533. The number of carbonyl (C=O) groups excluding carboxylic acids is 1. The van der Waals surface area contributed by atoms with Crippen LogP contribution in [0.4, 0.5) is 4.39 Å². The summed E-state index contributed by atoms with van der Waals surface area (Å²) in [6.45, 7) is 1.92. The van der Waals surface area contributed by atoms with E-state index in [-0.39, 0.29) is 11.6 Å². The number of benzene rings is 1. The van der Waals surface area contributed by atoms with Crippen LogP contribution >= 0.6 is 0 Å². The van der Waals surface area contributed by atoms with Crippen LogP contribution in [0.1, 0.15) is 34.0 Å². The molecule has 3 N–H and O–H groups in total. The summed E-state index contributed by atoms with van der Waals surface area (Å²) in [5.74, 6) is -0.0477. The highest BCUT2D eigenvalue weighted by Gasteiger charge is 2.24. The average molecular weight is 339 g/mol. The molecule has 2 heterocycles. The van der Waals surface area contributed by atoms with Crippen molar-refractivity contribution >= 4 is 5.91 Å². The molecule has 0 radical (unpaired) electrons. The summed E-state index contributed by atoms with van der Waals surface area (Å²) in [4.78, 5) is 20.2. The molecular weight excluding hydrogens is 321 g/mol. The SMILES string of the molecule is Cc1nc2c([nH]1)CC(NC(=O)c1cc(-c3ccn[nH]3)ccc1F)CC2. The van der Waals surface area contributed by atoms with Gasteiger partial charge in [-0.05, 0) is 44.0 Å². The number of aromatic nitrogens is 4. The molecular formula is C18H18FN5O. The van der Waals surface area contributed by atoms with Gasteiger partial charge in [-0.1, -0.05) is 0 Å². The van der Waals surface area contributed by atoms with Crippen LogP contribution in [0, 0.1) is 12.7 Å². The highest BCUT2D eigenvalue weighted by molar-refractivity contribution is 5.95. The number of hydrogen-bond donors (Lipinski definition) is 3. The van der Waals surface area contributed by atoms with Crippen molar-refractivity contribution in [2.75, 3.05) is 0 Å². The molecule has 0 aliphatic heterocycles. The summed E-state index contributed by atoms with van der Waals surface area (Å²) >= 11 is 0. The van der Waals surface area contributed by atoms with Gasteiger partial charge in [0.2, 0.25) is 0 Å². The van der Waals surface area contributed by atoms with Crippen molar-refractivity contribution in [3.63, 3.8) is 0 Å². The second kappa shape index (κ2) is 6.16. The highest BCUT2D eigenvalue weighted by Crippen LogP contribution is 2.22. The Kier molecular flexibility index (Phi) is 3.83. The minimum Gasteiger partial charge on any atom is -0.349 e. The number of nitrogens with zero attached hydrogens (tertiary/aromatic N) is 2. The van der Waals surface area contributed by atoms with Gasteiger partial charge in [0.25, 0.3) is 5.91 Å². The van der Waals surface area contributed by atoms with Crippen molar-refractivity contribution in [3.05, 3.63) is 59.1 Å². The van der Waals surface area contributed by atoms with Crippen LogP contribution < -0.4 is 5.32 Å². The number of amides is 1. The normalized spacial score (nSPS) is 16.5. The zero-order valence-corrected chi connectivity index (χ0v) is 13.8. The van der Waals surface area contributed by atoms with E-state index < -0.39 is 11.7 Å². The lowest BCUT2D eigenvalue weighted by atomic mass is 9.95. The van der Waals surface area contributed by atoms with E-state index in [0.29, 0.717) is 6.42 Å². The second-order valence-electron chi connectivity index (χ2n) is 6.33. The number of hydrogen-bond acceptors (Lipinski definition) is 3. The van der Waals surface area contributed by atoms with Crippen molar-refractivity contribution < 1.29 is 9.18 Å². The highest BCUT2D eigenvalue weighted by atomic mass is 19.1. The first-order valence-corrected chi connectivity index (χ1v) is 8.24. The van der Waals surface area contributed by atoms with Crippen molar-refractivity contribution in [3.8, 4) is 11.3 Å². The number of halogens is 1. The molecule has 128 valence electrons. The molecule has 1 atom stereocenters. The third kappa shape index (κ3) is 3.05. The summed E-state index contributed by atoms with van der Waals surface area (Å²) < 4.78 is 14.2. The van der Waals surface area contributed by atoms with Crippen LogP contribution in [0.3, 0.4) is 0 Å². The Bertz CT molecular complexity index is 916. The van der Waals surface area contributed by atoms with E-state index in [1.54, 1.807) is 24.4 Å². The Morgan fingerprint density at radius 3 is 3.04 bits per heavy atom. The van der Waals surface area contributed by atoms with Crippen molar-refractivity contribution in [2.24, 2.45) is 0 Å². The number of aryl methyl sites for hydroxylation is 2. The van der Waals surface area contributed by atoms with Crippen LogP contribution in [0.2, 0.25) is 0 Å². The molecule has 1 aliphatic carbocycles. The fraction of sp³-hybridized carbons (Fsp3) is 0.278. The second-order valence-corrected chi connectivity index (χ2v) is 6.33. The molecule has 6 nitrogen and oxygen atoms in total. The molecule has 0 spiro atoms. The van der Waals surface area contributed by atoms with Gasteiger partial charge in [0.15, 0.2) is 0 Å². The molecule has 0 saturated carbocycles. The number of aromatic amines is 2. The van der Waals surface area contributed by atoms with E-state index in [1.807, 2.05) is 6.92 Å². The molecule has 1 amide bonds. The van der Waals surface area contributed by atoms with Gasteiger partial charge in [-0.15, -0.1) is 0 Å². The number of carbonyl (C=O) groups is 1. The molecule has 4 rings (SSSR count). The predicted molar refractivity (Wildman–Crippen MR) is 90.6 cm³/mol. The van der Waals surface area contributed by atoms with E-state index in [1.165, 1.54) is 6.07 Å². The first-order chi connectivity index (χ1) is 12.1. The lowest BCUT2D eigenvalue weighted by molar-refractivity contribution is 0.0929. The Balaban J connectivity index is 1.52. The van der Waals surface area contributed by atoms with Gasteiger partial charge >= 0.3 is 0 Å². The Labute approximate surface area is 143 Å². The molecule has 2 aromatic heterocycles. The van der Waals surface area contributed by atoms with Gasteiger partial charge in [-0.2, -0.15) is 5.10 Å². The van der Waals surface area contributed by atoms with Crippen molar-refractivity contribution in [1.82, 2.24) is 25.5 Å². The molecule has 3 aromatic rings. The van der Waals surface area contributed by atoms with Crippen LogP contribution in [0.25, 0.3) is 11.3 Å². The maximum absolute atomic E-state index is 14.2. The van der Waals surface area contributed by atoms with E-state index in [4.69, 9.17) is 0 Å². The summed E-state index contributed by atoms with van der Waals surface area (Å²) in [5, 5.41) is 9.65. The zero-order valence-electron chi connectivity index (χ0n) is 13.8. The van der Waals surface area contributed by atoms with Crippen LogP contribution in [-0.2, 0) is 12.8 Å². The van der Waals surface area contributed by atoms with Crippen molar-refractivity contribution in [1.29, 1.82) is 0 Å². The third-order valence-electron chi connectivity index (χ3n) is 4.52. The maximum atomic E-state index is 14.2. The molecule has 1 aromatic carbocycles. The number of H-pyrrole nitrogens is 2. The standard InChI is InChI=1S/C18H18FN5O/c1-10-21-16-5-3-12(9-17(16)22-10)23-18(25)13-8-11(2-4-14(13)19)15-6-7-20-24-15/h2,4,6-8,12H,3,5,9H2,1H3,(H,20,24)(H,21,22)(H,23,25). The monoisotopic (exact) mass is 339 g/mol. The van der Waals surface area contributed by atoms with Crippen LogP contribution in [0.15, 0.2) is 30.5 Å². The lowest BCUT2D eigenvalue weighted by Gasteiger charge is -2.22. The minimum absolute atomic E-state index is 0.0324. The largest absolute Gasteiger partial charge is 0.349 e. The summed E-state index contributed by atoms with van der Waals surface area (Å²) in [5.41, 5.74) is 3.62. The first-order valence-electron chi connectivity index (χ1n) is 8.24. The van der Waals surface area contributed by atoms with E-state index in [9.17, 15) is 9.18 Å². The average Bonchev–Trinajstić information content (AvgIpc) is 3.23. The van der Waals surface area contributed by atoms with Crippen LogP contribution in [-0.4, -0.2) is 32.1 Å². The zero-order chi connectivity index (χ0) is 17.4. The molecule has 1 aliphatic rings. The quantitative estimate of drug-likeness (QED) is 0.685. The molecule has 0 saturated heterocycles. The maximum Gasteiger partial charge on any atom is 0.254 e. The van der Waals surface area contributed by atoms with Gasteiger partial charge in [0.1, 0.15) is 11.6 Å².